The first-order valence-corrected chi connectivity index (χ1v) is 5.97. The molecule has 0 saturated carbocycles. The van der Waals surface area contributed by atoms with Crippen molar-refractivity contribution in [3.8, 4) is 5.75 Å². The van der Waals surface area contributed by atoms with Gasteiger partial charge in [-0.25, -0.2) is 4.39 Å². The number of benzene rings is 1. The third-order valence-electron chi connectivity index (χ3n) is 3.54. The van der Waals surface area contributed by atoms with Crippen LogP contribution in [0.2, 0.25) is 0 Å². The summed E-state index contributed by atoms with van der Waals surface area (Å²) in [6.07, 6.45) is -5.15. The molecule has 0 radical (unpaired) electrons. The van der Waals surface area contributed by atoms with Gasteiger partial charge in [-0.2, -0.15) is 13.2 Å². The Kier molecular flexibility index (Phi) is 2.76. The molecule has 3 rings (SSSR count). The van der Waals surface area contributed by atoms with E-state index >= 15 is 0 Å². The lowest BCUT2D eigenvalue weighted by Gasteiger charge is -2.35. The topological polar surface area (TPSA) is 61.7 Å². The fraction of sp³-hybridized carbons (Fsp3) is 0.500. The maximum atomic E-state index is 13.9. The summed E-state index contributed by atoms with van der Waals surface area (Å²) >= 11 is 0. The molecule has 2 unspecified atom stereocenters. The van der Waals surface area contributed by atoms with Gasteiger partial charge in [0, 0.05) is 6.42 Å². The summed E-state index contributed by atoms with van der Waals surface area (Å²) < 4.78 is 57.1. The number of aliphatic hydroxyl groups is 2. The predicted molar refractivity (Wildman–Crippen MR) is 58.1 cm³/mol. The minimum absolute atomic E-state index is 0.0596. The number of hydrogen-bond acceptors (Lipinski definition) is 4. The van der Waals surface area contributed by atoms with Crippen LogP contribution in [0.3, 0.4) is 0 Å². The highest BCUT2D eigenvalue weighted by atomic mass is 19.4. The molecule has 1 aromatic carbocycles. The van der Waals surface area contributed by atoms with Crippen molar-refractivity contribution in [3.63, 3.8) is 0 Å². The molecule has 8 heteroatoms. The first kappa shape index (κ1) is 13.6. The van der Waals surface area contributed by atoms with E-state index in [0.717, 1.165) is 6.07 Å². The van der Waals surface area contributed by atoms with Gasteiger partial charge in [0.15, 0.2) is 0 Å². The third kappa shape index (κ3) is 2.13. The normalized spacial score (nSPS) is 27.7. The van der Waals surface area contributed by atoms with Gasteiger partial charge in [0.1, 0.15) is 17.7 Å². The molecule has 20 heavy (non-hydrogen) atoms. The van der Waals surface area contributed by atoms with E-state index in [2.05, 4.69) is 5.32 Å². The minimum Gasteiger partial charge on any atom is -0.488 e. The number of ether oxygens (including phenoxy) is 1. The fourth-order valence-corrected chi connectivity index (χ4v) is 2.63. The van der Waals surface area contributed by atoms with Crippen LogP contribution in [-0.2, 0) is 6.18 Å². The number of piperidine rings is 1. The van der Waals surface area contributed by atoms with Crippen molar-refractivity contribution in [2.24, 2.45) is 0 Å². The van der Waals surface area contributed by atoms with Gasteiger partial charge in [0.25, 0.3) is 0 Å². The molecule has 3 N–H and O–H groups in total. The van der Waals surface area contributed by atoms with Gasteiger partial charge in [-0.1, -0.05) is 0 Å². The van der Waals surface area contributed by atoms with E-state index in [9.17, 15) is 27.8 Å². The van der Waals surface area contributed by atoms with E-state index < -0.39 is 35.6 Å². The van der Waals surface area contributed by atoms with Gasteiger partial charge in [-0.05, 0) is 18.6 Å². The van der Waals surface area contributed by atoms with Gasteiger partial charge in [0.2, 0.25) is 5.91 Å². The van der Waals surface area contributed by atoms with Crippen LogP contribution in [0.5, 0.6) is 5.75 Å². The average molecular weight is 293 g/mol. The lowest BCUT2D eigenvalue weighted by molar-refractivity contribution is -0.216. The highest BCUT2D eigenvalue weighted by Crippen LogP contribution is 2.46. The molecule has 0 bridgehead atoms. The molecule has 110 valence electrons. The second kappa shape index (κ2) is 4.06. The Labute approximate surface area is 111 Å². The molecule has 4 nitrogen and oxygen atoms in total. The fourth-order valence-electron chi connectivity index (χ4n) is 2.63. The number of fused-ring (bicyclic) bond motifs is 3. The van der Waals surface area contributed by atoms with Crippen molar-refractivity contribution in [2.45, 2.75) is 37.1 Å². The number of alkyl halides is 3. The Hall–Kier alpha value is -1.38. The second-order valence-corrected chi connectivity index (χ2v) is 5.00. The lowest BCUT2D eigenvalue weighted by Crippen LogP contribution is -2.54. The third-order valence-corrected chi connectivity index (χ3v) is 3.54. The Morgan fingerprint density at radius 1 is 1.30 bits per heavy atom. The zero-order valence-electron chi connectivity index (χ0n) is 10.0. The van der Waals surface area contributed by atoms with Crippen LogP contribution >= 0.6 is 0 Å². The molecular formula is C12H11F4NO3. The van der Waals surface area contributed by atoms with E-state index in [1.54, 1.807) is 0 Å². The Morgan fingerprint density at radius 2 is 2.00 bits per heavy atom. The van der Waals surface area contributed by atoms with Gasteiger partial charge in [-0.3, -0.25) is 5.32 Å². The van der Waals surface area contributed by atoms with E-state index in [4.69, 9.17) is 4.74 Å². The van der Waals surface area contributed by atoms with Crippen LogP contribution in [0, 0.1) is 5.82 Å². The summed E-state index contributed by atoms with van der Waals surface area (Å²) in [6, 6.07) is 0.239. The zero-order valence-corrected chi connectivity index (χ0v) is 10.0. The summed E-state index contributed by atoms with van der Waals surface area (Å²) in [4.78, 5) is 0. The van der Waals surface area contributed by atoms with Crippen molar-refractivity contribution in [3.05, 3.63) is 29.1 Å². The first-order valence-electron chi connectivity index (χ1n) is 5.97. The van der Waals surface area contributed by atoms with Crippen molar-refractivity contribution in [1.82, 2.24) is 5.32 Å². The van der Waals surface area contributed by atoms with Crippen LogP contribution in [0.4, 0.5) is 17.6 Å². The highest BCUT2D eigenvalue weighted by molar-refractivity contribution is 5.46. The smallest absolute Gasteiger partial charge is 0.416 e. The molecule has 1 aromatic rings. The monoisotopic (exact) mass is 293 g/mol. The molecule has 2 heterocycles. The SMILES string of the molecule is OC1(O)CCC2Oc3cc(C(F)(F)F)cc(F)c3C2N1. The van der Waals surface area contributed by atoms with Crippen LogP contribution in [-0.4, -0.2) is 22.2 Å². The number of rotatable bonds is 0. The average Bonchev–Trinajstić information content (AvgIpc) is 2.64. The maximum Gasteiger partial charge on any atom is 0.416 e. The molecule has 0 aliphatic carbocycles. The second-order valence-electron chi connectivity index (χ2n) is 5.00. The Bertz CT molecular complexity index is 558. The molecular weight excluding hydrogens is 282 g/mol. The van der Waals surface area contributed by atoms with Crippen LogP contribution < -0.4 is 10.1 Å². The van der Waals surface area contributed by atoms with Gasteiger partial charge in [0.05, 0.1) is 17.2 Å². The summed E-state index contributed by atoms with van der Waals surface area (Å²) in [7, 11) is 0. The van der Waals surface area contributed by atoms with Crippen LogP contribution in [0.15, 0.2) is 12.1 Å². The maximum absolute atomic E-state index is 13.9. The zero-order chi connectivity index (χ0) is 14.7. The van der Waals surface area contributed by atoms with Crippen molar-refractivity contribution in [2.75, 3.05) is 0 Å². The predicted octanol–water partition coefficient (Wildman–Crippen LogP) is 1.67. The standard InChI is InChI=1S/C12H11F4NO3/c13-6-3-5(12(14,15)16)4-8-9(6)10-7(20-8)1-2-11(18,19)17-10/h3-4,7,10,17-19H,1-2H2. The molecule has 0 aromatic heterocycles. The quantitative estimate of drug-likeness (QED) is 0.503. The number of nitrogens with one attached hydrogen (secondary N) is 1. The molecule has 0 spiro atoms. The highest BCUT2D eigenvalue weighted by Gasteiger charge is 2.46. The van der Waals surface area contributed by atoms with E-state index in [1.165, 1.54) is 0 Å². The Balaban J connectivity index is 2.03. The lowest BCUT2D eigenvalue weighted by atomic mass is 9.94. The van der Waals surface area contributed by atoms with E-state index in [-0.39, 0.29) is 24.2 Å². The van der Waals surface area contributed by atoms with Crippen molar-refractivity contribution in [1.29, 1.82) is 0 Å². The number of hydrogen-bond donors (Lipinski definition) is 3. The summed E-state index contributed by atoms with van der Waals surface area (Å²) in [5, 5.41) is 21.4. The summed E-state index contributed by atoms with van der Waals surface area (Å²) in [5.41, 5.74) is -1.23. The van der Waals surface area contributed by atoms with E-state index in [1.807, 2.05) is 0 Å². The van der Waals surface area contributed by atoms with Gasteiger partial charge < -0.3 is 14.9 Å². The van der Waals surface area contributed by atoms with Crippen LogP contribution in [0.25, 0.3) is 0 Å². The summed E-state index contributed by atoms with van der Waals surface area (Å²) in [5.74, 6) is -3.47. The Morgan fingerprint density at radius 3 is 2.65 bits per heavy atom. The molecule has 0 amide bonds. The molecule has 1 saturated heterocycles. The number of halogens is 4. The first-order chi connectivity index (χ1) is 9.17. The van der Waals surface area contributed by atoms with Gasteiger partial charge in [-0.15, -0.1) is 0 Å². The van der Waals surface area contributed by atoms with Crippen LogP contribution in [0.1, 0.15) is 30.0 Å². The molecule has 2 aliphatic rings. The summed E-state index contributed by atoms with van der Waals surface area (Å²) in [6.45, 7) is 0. The van der Waals surface area contributed by atoms with Crippen molar-refractivity contribution < 1.29 is 32.5 Å². The largest absolute Gasteiger partial charge is 0.488 e. The molecule has 2 atom stereocenters. The molecule has 1 fully saturated rings. The van der Waals surface area contributed by atoms with E-state index in [0.29, 0.717) is 6.07 Å². The minimum atomic E-state index is -4.67. The van der Waals surface area contributed by atoms with Crippen molar-refractivity contribution >= 4 is 0 Å². The molecule has 2 aliphatic heterocycles. The van der Waals surface area contributed by atoms with Gasteiger partial charge >= 0.3 is 6.18 Å².